The monoisotopic (exact) mass is 218 g/mol. The number of aromatic nitrogens is 3. The minimum Gasteiger partial charge on any atom is -0.483 e. The first kappa shape index (κ1) is 10.5. The molecular formula is C11H14N4O. The van der Waals surface area contributed by atoms with Gasteiger partial charge in [-0.25, -0.2) is 0 Å². The first-order valence-corrected chi connectivity index (χ1v) is 5.00. The Kier molecular flexibility index (Phi) is 2.76. The highest BCUT2D eigenvalue weighted by molar-refractivity contribution is 5.51. The van der Waals surface area contributed by atoms with Gasteiger partial charge >= 0.3 is 0 Å². The molecule has 0 atom stereocenters. The van der Waals surface area contributed by atoms with Crippen molar-refractivity contribution in [2.24, 2.45) is 7.05 Å². The van der Waals surface area contributed by atoms with E-state index in [9.17, 15) is 0 Å². The molecule has 16 heavy (non-hydrogen) atoms. The molecular weight excluding hydrogens is 204 g/mol. The lowest BCUT2D eigenvalue weighted by Gasteiger charge is -2.07. The molecule has 0 aliphatic rings. The van der Waals surface area contributed by atoms with E-state index in [1.165, 1.54) is 0 Å². The average Bonchev–Trinajstić information content (AvgIpc) is 2.59. The highest BCUT2D eigenvalue weighted by atomic mass is 16.5. The first-order chi connectivity index (χ1) is 7.68. The van der Waals surface area contributed by atoms with Crippen LogP contribution in [0.2, 0.25) is 0 Å². The molecule has 0 unspecified atom stereocenters. The van der Waals surface area contributed by atoms with Crippen molar-refractivity contribution < 1.29 is 4.74 Å². The van der Waals surface area contributed by atoms with Crippen LogP contribution < -0.4 is 10.5 Å². The van der Waals surface area contributed by atoms with Gasteiger partial charge in [0.1, 0.15) is 18.2 Å². The van der Waals surface area contributed by atoms with Gasteiger partial charge in [0.15, 0.2) is 5.82 Å². The molecule has 5 heteroatoms. The topological polar surface area (TPSA) is 66.0 Å². The molecule has 0 amide bonds. The predicted molar refractivity (Wildman–Crippen MR) is 60.9 cm³/mol. The maximum absolute atomic E-state index is 5.76. The normalized spacial score (nSPS) is 10.4. The number of nitrogens with zero attached hydrogens (tertiary/aromatic N) is 3. The molecule has 1 heterocycles. The largest absolute Gasteiger partial charge is 0.483 e. The lowest BCUT2D eigenvalue weighted by atomic mass is 10.3. The standard InChI is InChI=1S/C11H14N4O/c1-8-13-14-11(15(8)2)7-16-10-6-4-3-5-9(10)12/h3-6H,7,12H2,1-2H3. The summed E-state index contributed by atoms with van der Waals surface area (Å²) in [6.45, 7) is 2.26. The SMILES string of the molecule is Cc1nnc(COc2ccccc2N)n1C. The summed E-state index contributed by atoms with van der Waals surface area (Å²) in [5.41, 5.74) is 6.39. The minimum atomic E-state index is 0.367. The number of hydrogen-bond acceptors (Lipinski definition) is 4. The van der Waals surface area contributed by atoms with Crippen molar-refractivity contribution in [2.45, 2.75) is 13.5 Å². The fourth-order valence-electron chi connectivity index (χ4n) is 1.33. The van der Waals surface area contributed by atoms with Crippen LogP contribution in [0.5, 0.6) is 5.75 Å². The van der Waals surface area contributed by atoms with Gasteiger partial charge in [0.2, 0.25) is 0 Å². The summed E-state index contributed by atoms with van der Waals surface area (Å²) < 4.78 is 7.46. The lowest BCUT2D eigenvalue weighted by Crippen LogP contribution is -2.05. The highest BCUT2D eigenvalue weighted by Gasteiger charge is 2.06. The van der Waals surface area contributed by atoms with Gasteiger partial charge in [0.05, 0.1) is 5.69 Å². The van der Waals surface area contributed by atoms with E-state index in [1.807, 2.05) is 36.7 Å². The van der Waals surface area contributed by atoms with Gasteiger partial charge in [-0.05, 0) is 19.1 Å². The van der Waals surface area contributed by atoms with Crippen molar-refractivity contribution in [1.29, 1.82) is 0 Å². The maximum atomic E-state index is 5.76. The third kappa shape index (κ3) is 1.98. The number of nitrogen functional groups attached to an aromatic ring is 1. The van der Waals surface area contributed by atoms with Gasteiger partial charge in [0, 0.05) is 7.05 Å². The molecule has 0 saturated carbocycles. The van der Waals surface area contributed by atoms with Crippen LogP contribution in [0.25, 0.3) is 0 Å². The van der Waals surface area contributed by atoms with E-state index in [0.717, 1.165) is 11.6 Å². The molecule has 1 aromatic heterocycles. The fraction of sp³-hybridized carbons (Fsp3) is 0.273. The molecule has 0 radical (unpaired) electrons. The van der Waals surface area contributed by atoms with Gasteiger partial charge in [-0.15, -0.1) is 10.2 Å². The van der Waals surface area contributed by atoms with Crippen molar-refractivity contribution in [3.05, 3.63) is 35.9 Å². The Morgan fingerprint density at radius 2 is 2.06 bits per heavy atom. The van der Waals surface area contributed by atoms with Gasteiger partial charge in [-0.3, -0.25) is 0 Å². The first-order valence-electron chi connectivity index (χ1n) is 5.00. The van der Waals surface area contributed by atoms with Crippen LogP contribution in [0.4, 0.5) is 5.69 Å². The fourth-order valence-corrected chi connectivity index (χ4v) is 1.33. The number of ether oxygens (including phenoxy) is 1. The van der Waals surface area contributed by atoms with E-state index < -0.39 is 0 Å². The second-order valence-electron chi connectivity index (χ2n) is 3.55. The smallest absolute Gasteiger partial charge is 0.170 e. The van der Waals surface area contributed by atoms with E-state index in [4.69, 9.17) is 10.5 Å². The second-order valence-corrected chi connectivity index (χ2v) is 3.55. The lowest BCUT2D eigenvalue weighted by molar-refractivity contribution is 0.292. The van der Waals surface area contributed by atoms with Gasteiger partial charge in [0.25, 0.3) is 0 Å². The zero-order valence-electron chi connectivity index (χ0n) is 9.34. The number of nitrogens with two attached hydrogens (primary N) is 1. The van der Waals surface area contributed by atoms with Crippen molar-refractivity contribution in [3.8, 4) is 5.75 Å². The average molecular weight is 218 g/mol. The minimum absolute atomic E-state index is 0.367. The molecule has 84 valence electrons. The third-order valence-corrected chi connectivity index (χ3v) is 2.46. The molecule has 0 fully saturated rings. The molecule has 0 aliphatic heterocycles. The highest BCUT2D eigenvalue weighted by Crippen LogP contribution is 2.20. The molecule has 0 aliphatic carbocycles. The number of benzene rings is 1. The van der Waals surface area contributed by atoms with E-state index in [0.29, 0.717) is 18.0 Å². The quantitative estimate of drug-likeness (QED) is 0.788. The molecule has 0 spiro atoms. The third-order valence-electron chi connectivity index (χ3n) is 2.46. The van der Waals surface area contributed by atoms with Crippen LogP contribution in [0.15, 0.2) is 24.3 Å². The van der Waals surface area contributed by atoms with E-state index in [2.05, 4.69) is 10.2 Å². The maximum Gasteiger partial charge on any atom is 0.170 e. The Hall–Kier alpha value is -2.04. The van der Waals surface area contributed by atoms with Crippen molar-refractivity contribution in [3.63, 3.8) is 0 Å². The van der Waals surface area contributed by atoms with Crippen LogP contribution >= 0.6 is 0 Å². The van der Waals surface area contributed by atoms with Crippen molar-refractivity contribution in [1.82, 2.24) is 14.8 Å². The Balaban J connectivity index is 2.08. The molecule has 0 saturated heterocycles. The summed E-state index contributed by atoms with van der Waals surface area (Å²) in [5, 5.41) is 7.96. The Bertz CT molecular complexity index is 492. The Morgan fingerprint density at radius 1 is 1.31 bits per heavy atom. The van der Waals surface area contributed by atoms with Crippen LogP contribution in [-0.2, 0) is 13.7 Å². The summed E-state index contributed by atoms with van der Waals surface area (Å²) in [6, 6.07) is 7.39. The summed E-state index contributed by atoms with van der Waals surface area (Å²) >= 11 is 0. The Morgan fingerprint density at radius 3 is 2.69 bits per heavy atom. The van der Waals surface area contributed by atoms with E-state index in [-0.39, 0.29) is 0 Å². The summed E-state index contributed by atoms with van der Waals surface area (Å²) in [5.74, 6) is 2.31. The number of rotatable bonds is 3. The molecule has 2 N–H and O–H groups in total. The number of anilines is 1. The van der Waals surface area contributed by atoms with Crippen LogP contribution in [0.1, 0.15) is 11.6 Å². The number of hydrogen-bond donors (Lipinski definition) is 1. The van der Waals surface area contributed by atoms with Crippen LogP contribution in [-0.4, -0.2) is 14.8 Å². The van der Waals surface area contributed by atoms with Crippen LogP contribution in [0, 0.1) is 6.92 Å². The second kappa shape index (κ2) is 4.22. The van der Waals surface area contributed by atoms with Gasteiger partial charge in [-0.1, -0.05) is 12.1 Å². The number of para-hydroxylation sites is 2. The summed E-state index contributed by atoms with van der Waals surface area (Å²) in [7, 11) is 1.91. The van der Waals surface area contributed by atoms with Gasteiger partial charge in [-0.2, -0.15) is 0 Å². The molecule has 2 aromatic rings. The molecule has 0 bridgehead atoms. The van der Waals surface area contributed by atoms with Gasteiger partial charge < -0.3 is 15.0 Å². The zero-order chi connectivity index (χ0) is 11.5. The van der Waals surface area contributed by atoms with Crippen molar-refractivity contribution in [2.75, 3.05) is 5.73 Å². The molecule has 2 rings (SSSR count). The van der Waals surface area contributed by atoms with E-state index >= 15 is 0 Å². The Labute approximate surface area is 93.9 Å². The number of aryl methyl sites for hydroxylation is 1. The predicted octanol–water partition coefficient (Wildman–Crippen LogP) is 1.28. The summed E-state index contributed by atoms with van der Waals surface area (Å²) in [6.07, 6.45) is 0. The van der Waals surface area contributed by atoms with Crippen LogP contribution in [0.3, 0.4) is 0 Å². The van der Waals surface area contributed by atoms with E-state index in [1.54, 1.807) is 6.07 Å². The summed E-state index contributed by atoms with van der Waals surface area (Å²) in [4.78, 5) is 0. The zero-order valence-corrected chi connectivity index (χ0v) is 9.34. The molecule has 1 aromatic carbocycles. The molecule has 5 nitrogen and oxygen atoms in total. The van der Waals surface area contributed by atoms with Crippen molar-refractivity contribution >= 4 is 5.69 Å².